The third-order valence-electron chi connectivity index (χ3n) is 3.48. The van der Waals surface area contributed by atoms with Gasteiger partial charge in [-0.3, -0.25) is 4.99 Å². The zero-order valence-electron chi connectivity index (χ0n) is 13.1. The topological polar surface area (TPSA) is 53.6 Å². The maximum Gasteiger partial charge on any atom is 0.188 e. The summed E-state index contributed by atoms with van der Waals surface area (Å²) in [5.41, 5.74) is 8.36. The van der Waals surface area contributed by atoms with Crippen LogP contribution >= 0.6 is 0 Å². The molecule has 0 radical (unpaired) electrons. The Hall–Kier alpha value is -2.49. The number of aliphatic imine (C=N–C) groups is 1. The summed E-state index contributed by atoms with van der Waals surface area (Å²) in [7, 11) is 2.07. The first-order valence-corrected chi connectivity index (χ1v) is 7.59. The van der Waals surface area contributed by atoms with E-state index in [4.69, 9.17) is 5.73 Å². The number of para-hydroxylation sites is 1. The van der Waals surface area contributed by atoms with Gasteiger partial charge in [0.05, 0.1) is 0 Å². The average Bonchev–Trinajstić information content (AvgIpc) is 2.56. The number of likely N-dealkylation sites (N-methyl/N-ethyl adjacent to an activating group) is 1. The SMILES string of the molecule is CN(CCNC(N)=NCCc1ccccc1)c1ccccc1. The maximum absolute atomic E-state index is 5.88. The Morgan fingerprint density at radius 3 is 2.36 bits per heavy atom. The second kappa shape index (κ2) is 8.72. The number of rotatable bonds is 7. The molecule has 4 heteroatoms. The molecule has 3 N–H and O–H groups in total. The minimum absolute atomic E-state index is 0.511. The second-order valence-corrected chi connectivity index (χ2v) is 5.19. The fraction of sp³-hybridized carbons (Fsp3) is 0.278. The van der Waals surface area contributed by atoms with Crippen molar-refractivity contribution in [1.29, 1.82) is 0 Å². The Labute approximate surface area is 132 Å². The van der Waals surface area contributed by atoms with Crippen molar-refractivity contribution in [2.75, 3.05) is 31.6 Å². The van der Waals surface area contributed by atoms with E-state index in [1.165, 1.54) is 11.3 Å². The molecule has 0 bridgehead atoms. The van der Waals surface area contributed by atoms with Crippen LogP contribution in [0.15, 0.2) is 65.7 Å². The molecule has 0 unspecified atom stereocenters. The van der Waals surface area contributed by atoms with Crippen molar-refractivity contribution in [3.63, 3.8) is 0 Å². The summed E-state index contributed by atoms with van der Waals surface area (Å²) in [6.07, 6.45) is 0.910. The monoisotopic (exact) mass is 296 g/mol. The van der Waals surface area contributed by atoms with Crippen LogP contribution in [0.5, 0.6) is 0 Å². The van der Waals surface area contributed by atoms with E-state index in [2.05, 4.69) is 46.5 Å². The molecule has 2 aromatic carbocycles. The lowest BCUT2D eigenvalue weighted by Crippen LogP contribution is -2.37. The number of guanidine groups is 1. The molecular weight excluding hydrogens is 272 g/mol. The van der Waals surface area contributed by atoms with Gasteiger partial charge in [-0.25, -0.2) is 0 Å². The first kappa shape index (κ1) is 15.9. The fourth-order valence-corrected chi connectivity index (χ4v) is 2.17. The van der Waals surface area contributed by atoms with Crippen molar-refractivity contribution in [3.05, 3.63) is 66.2 Å². The predicted octanol–water partition coefficient (Wildman–Crippen LogP) is 2.27. The number of hydrogen-bond donors (Lipinski definition) is 2. The maximum atomic E-state index is 5.88. The average molecular weight is 296 g/mol. The highest BCUT2D eigenvalue weighted by molar-refractivity contribution is 5.77. The third kappa shape index (κ3) is 5.48. The highest BCUT2D eigenvalue weighted by atomic mass is 15.1. The number of nitrogens with zero attached hydrogens (tertiary/aromatic N) is 2. The Morgan fingerprint density at radius 2 is 1.68 bits per heavy atom. The van der Waals surface area contributed by atoms with Gasteiger partial charge >= 0.3 is 0 Å². The molecule has 0 aromatic heterocycles. The van der Waals surface area contributed by atoms with Gasteiger partial charge in [0.2, 0.25) is 0 Å². The van der Waals surface area contributed by atoms with Crippen LogP contribution in [0, 0.1) is 0 Å². The molecule has 0 spiro atoms. The van der Waals surface area contributed by atoms with E-state index >= 15 is 0 Å². The lowest BCUT2D eigenvalue weighted by atomic mass is 10.2. The van der Waals surface area contributed by atoms with Crippen molar-refractivity contribution in [2.24, 2.45) is 10.7 Å². The summed E-state index contributed by atoms with van der Waals surface area (Å²) in [5, 5.41) is 3.16. The smallest absolute Gasteiger partial charge is 0.188 e. The van der Waals surface area contributed by atoms with Gasteiger partial charge in [0.15, 0.2) is 5.96 Å². The minimum Gasteiger partial charge on any atom is -0.373 e. The Kier molecular flexibility index (Phi) is 6.30. The summed E-state index contributed by atoms with van der Waals surface area (Å²) in [6.45, 7) is 2.35. The van der Waals surface area contributed by atoms with E-state index in [9.17, 15) is 0 Å². The highest BCUT2D eigenvalue weighted by Gasteiger charge is 1.99. The first-order valence-electron chi connectivity index (χ1n) is 7.59. The number of nitrogens with two attached hydrogens (primary N) is 1. The Morgan fingerprint density at radius 1 is 1.05 bits per heavy atom. The molecule has 2 aromatic rings. The molecule has 22 heavy (non-hydrogen) atoms. The van der Waals surface area contributed by atoms with Crippen molar-refractivity contribution in [3.8, 4) is 0 Å². The van der Waals surface area contributed by atoms with Crippen LogP contribution < -0.4 is 16.0 Å². The zero-order valence-corrected chi connectivity index (χ0v) is 13.1. The molecule has 0 fully saturated rings. The highest BCUT2D eigenvalue weighted by Crippen LogP contribution is 2.09. The molecule has 0 atom stereocenters. The van der Waals surface area contributed by atoms with Crippen LogP contribution in [-0.2, 0) is 6.42 Å². The molecule has 0 aliphatic carbocycles. The van der Waals surface area contributed by atoms with E-state index in [1.807, 2.05) is 36.4 Å². The van der Waals surface area contributed by atoms with Crippen LogP contribution in [-0.4, -0.2) is 32.6 Å². The lowest BCUT2D eigenvalue weighted by molar-refractivity contribution is 0.810. The van der Waals surface area contributed by atoms with Crippen molar-refractivity contribution < 1.29 is 0 Å². The molecule has 0 heterocycles. The Balaban J connectivity index is 1.67. The number of hydrogen-bond acceptors (Lipinski definition) is 2. The minimum atomic E-state index is 0.511. The molecule has 0 amide bonds. The van der Waals surface area contributed by atoms with Gasteiger partial charge in [0, 0.05) is 32.4 Å². The molecule has 2 rings (SSSR count). The molecule has 0 saturated heterocycles. The van der Waals surface area contributed by atoms with E-state index in [0.29, 0.717) is 12.5 Å². The quantitative estimate of drug-likeness (QED) is 0.609. The molecule has 0 saturated carbocycles. The number of anilines is 1. The van der Waals surface area contributed by atoms with Gasteiger partial charge in [0.25, 0.3) is 0 Å². The third-order valence-corrected chi connectivity index (χ3v) is 3.48. The van der Waals surface area contributed by atoms with Crippen LogP contribution in [0.1, 0.15) is 5.56 Å². The first-order chi connectivity index (χ1) is 10.8. The van der Waals surface area contributed by atoms with Gasteiger partial charge in [-0.15, -0.1) is 0 Å². The molecule has 116 valence electrons. The molecule has 4 nitrogen and oxygen atoms in total. The van der Waals surface area contributed by atoms with E-state index in [1.54, 1.807) is 0 Å². The van der Waals surface area contributed by atoms with Crippen LogP contribution in [0.4, 0.5) is 5.69 Å². The lowest BCUT2D eigenvalue weighted by Gasteiger charge is -2.19. The summed E-state index contributed by atoms with van der Waals surface area (Å²) < 4.78 is 0. The van der Waals surface area contributed by atoms with Crippen molar-refractivity contribution in [1.82, 2.24) is 5.32 Å². The Bertz CT molecular complexity index is 566. The standard InChI is InChI=1S/C18H24N4/c1-22(17-10-6-3-7-11-17)15-14-21-18(19)20-13-12-16-8-4-2-5-9-16/h2-11H,12-15H2,1H3,(H3,19,20,21). The van der Waals surface area contributed by atoms with E-state index in [0.717, 1.165) is 19.5 Å². The van der Waals surface area contributed by atoms with Crippen LogP contribution in [0.2, 0.25) is 0 Å². The van der Waals surface area contributed by atoms with Crippen molar-refractivity contribution >= 4 is 11.6 Å². The number of benzene rings is 2. The number of nitrogens with one attached hydrogen (secondary N) is 1. The van der Waals surface area contributed by atoms with Crippen molar-refractivity contribution in [2.45, 2.75) is 6.42 Å². The van der Waals surface area contributed by atoms with Gasteiger partial charge in [-0.1, -0.05) is 48.5 Å². The molecular formula is C18H24N4. The van der Waals surface area contributed by atoms with Gasteiger partial charge in [-0.05, 0) is 24.1 Å². The van der Waals surface area contributed by atoms with Crippen LogP contribution in [0.25, 0.3) is 0 Å². The second-order valence-electron chi connectivity index (χ2n) is 5.19. The van der Waals surface area contributed by atoms with E-state index < -0.39 is 0 Å². The van der Waals surface area contributed by atoms with Gasteiger partial charge < -0.3 is 16.0 Å². The summed E-state index contributed by atoms with van der Waals surface area (Å²) in [4.78, 5) is 6.54. The van der Waals surface area contributed by atoms with Gasteiger partial charge in [-0.2, -0.15) is 0 Å². The molecule has 0 aliphatic heterocycles. The summed E-state index contributed by atoms with van der Waals surface area (Å²) in [5.74, 6) is 0.511. The molecule has 0 aliphatic rings. The summed E-state index contributed by atoms with van der Waals surface area (Å²) in [6, 6.07) is 20.6. The zero-order chi connectivity index (χ0) is 15.6. The van der Waals surface area contributed by atoms with Gasteiger partial charge in [0.1, 0.15) is 0 Å². The van der Waals surface area contributed by atoms with E-state index in [-0.39, 0.29) is 0 Å². The predicted molar refractivity (Wildman–Crippen MR) is 94.4 cm³/mol. The summed E-state index contributed by atoms with van der Waals surface area (Å²) >= 11 is 0. The largest absolute Gasteiger partial charge is 0.373 e. The van der Waals surface area contributed by atoms with Crippen LogP contribution in [0.3, 0.4) is 0 Å². The fourth-order valence-electron chi connectivity index (χ4n) is 2.17. The normalized spacial score (nSPS) is 11.2.